The van der Waals surface area contributed by atoms with Crippen LogP contribution in [0.1, 0.15) is 29.7 Å². The predicted octanol–water partition coefficient (Wildman–Crippen LogP) is 1.44. The Labute approximate surface area is 171 Å². The van der Waals surface area contributed by atoms with Gasteiger partial charge in [-0.05, 0) is 50.0 Å². The van der Waals surface area contributed by atoms with Gasteiger partial charge >= 0.3 is 0 Å². The third kappa shape index (κ3) is 3.98. The number of aromatic amines is 1. The molecule has 1 aliphatic carbocycles. The molecule has 0 unspecified atom stereocenters. The molecular formula is C18H21N5O4S2. The summed E-state index contributed by atoms with van der Waals surface area (Å²) in [5.74, 6) is 0. The lowest BCUT2D eigenvalue weighted by Crippen LogP contribution is -2.37. The molecule has 0 atom stereocenters. The lowest BCUT2D eigenvalue weighted by molar-refractivity contribution is 0.193. The predicted molar refractivity (Wildman–Crippen MR) is 109 cm³/mol. The number of H-pyrrole nitrogens is 1. The van der Waals surface area contributed by atoms with Crippen LogP contribution in [0.5, 0.6) is 0 Å². The molecule has 0 bridgehead atoms. The van der Waals surface area contributed by atoms with Crippen molar-refractivity contribution in [2.75, 3.05) is 7.11 Å². The van der Waals surface area contributed by atoms with Crippen molar-refractivity contribution in [3.63, 3.8) is 0 Å². The third-order valence-electron chi connectivity index (χ3n) is 4.82. The fourth-order valence-electron chi connectivity index (χ4n) is 3.02. The second-order valence-corrected chi connectivity index (χ2v) is 10.3. The van der Waals surface area contributed by atoms with Crippen molar-refractivity contribution < 1.29 is 13.3 Å². The molecule has 29 heavy (non-hydrogen) atoms. The molecule has 2 N–H and O–H groups in total. The van der Waals surface area contributed by atoms with E-state index in [4.69, 9.17) is 4.84 Å². The summed E-state index contributed by atoms with van der Waals surface area (Å²) in [5.41, 5.74) is -0.0598. The fourth-order valence-corrected chi connectivity index (χ4v) is 5.29. The molecule has 1 saturated carbocycles. The first-order chi connectivity index (χ1) is 13.7. The highest BCUT2D eigenvalue weighted by atomic mass is 32.2. The van der Waals surface area contributed by atoms with E-state index in [-0.39, 0.29) is 28.0 Å². The zero-order chi connectivity index (χ0) is 20.8. The van der Waals surface area contributed by atoms with Crippen molar-refractivity contribution in [1.82, 2.24) is 19.3 Å². The van der Waals surface area contributed by atoms with Crippen molar-refractivity contribution in [3.05, 3.63) is 50.3 Å². The second-order valence-electron chi connectivity index (χ2n) is 7.33. The number of thiazole rings is 1. The highest BCUT2D eigenvalue weighted by Gasteiger charge is 2.41. The molecule has 2 heterocycles. The number of rotatable bonds is 6. The van der Waals surface area contributed by atoms with E-state index in [0.29, 0.717) is 5.52 Å². The maximum Gasteiger partial charge on any atom is 0.263 e. The minimum Gasteiger partial charge on any atom is -0.396 e. The zero-order valence-electron chi connectivity index (χ0n) is 16.2. The first-order valence-electron chi connectivity index (χ1n) is 9.00. The van der Waals surface area contributed by atoms with Gasteiger partial charge in [0, 0.05) is 16.6 Å². The van der Waals surface area contributed by atoms with E-state index in [0.717, 1.165) is 22.7 Å². The average Bonchev–Trinajstić information content (AvgIpc) is 3.22. The summed E-state index contributed by atoms with van der Waals surface area (Å²) in [4.78, 5) is 26.3. The van der Waals surface area contributed by atoms with Gasteiger partial charge in [0.2, 0.25) is 15.6 Å². The van der Waals surface area contributed by atoms with Crippen LogP contribution in [-0.2, 0) is 21.4 Å². The molecule has 11 heteroatoms. The van der Waals surface area contributed by atoms with Gasteiger partial charge in [-0.2, -0.15) is 0 Å². The Morgan fingerprint density at radius 3 is 2.79 bits per heavy atom. The summed E-state index contributed by atoms with van der Waals surface area (Å²) in [6.45, 7) is 3.99. The van der Waals surface area contributed by atoms with Crippen LogP contribution in [-0.4, -0.2) is 35.6 Å². The lowest BCUT2D eigenvalue weighted by Gasteiger charge is -2.13. The molecule has 0 spiro atoms. The number of aromatic nitrogens is 3. The van der Waals surface area contributed by atoms with Gasteiger partial charge in [0.15, 0.2) is 0 Å². The molecule has 1 fully saturated rings. The van der Waals surface area contributed by atoms with Gasteiger partial charge in [0.25, 0.3) is 5.56 Å². The molecule has 3 aromatic rings. The summed E-state index contributed by atoms with van der Waals surface area (Å²) in [6.07, 6.45) is 3.31. The topological polar surface area (TPSA) is 118 Å². The first-order valence-corrected chi connectivity index (χ1v) is 11.3. The maximum absolute atomic E-state index is 13.2. The number of hydrogen-bond acceptors (Lipinski definition) is 7. The summed E-state index contributed by atoms with van der Waals surface area (Å²) in [6, 6.07) is 4.43. The van der Waals surface area contributed by atoms with Gasteiger partial charge in [-0.15, -0.1) is 11.3 Å². The van der Waals surface area contributed by atoms with Gasteiger partial charge in [0.1, 0.15) is 7.11 Å². The van der Waals surface area contributed by atoms with E-state index in [1.165, 1.54) is 35.1 Å². The van der Waals surface area contributed by atoms with E-state index in [1.54, 1.807) is 12.3 Å². The second kappa shape index (κ2) is 7.08. The summed E-state index contributed by atoms with van der Waals surface area (Å²) < 4.78 is 29.5. The molecule has 0 radical (unpaired) electrons. The number of sulfonamides is 1. The van der Waals surface area contributed by atoms with Crippen LogP contribution in [0.2, 0.25) is 0 Å². The van der Waals surface area contributed by atoms with Crippen molar-refractivity contribution in [2.45, 2.75) is 43.7 Å². The summed E-state index contributed by atoms with van der Waals surface area (Å²) >= 11 is 1.47. The van der Waals surface area contributed by atoms with Crippen LogP contribution >= 0.6 is 11.3 Å². The molecule has 0 amide bonds. The Kier molecular flexibility index (Phi) is 4.83. The van der Waals surface area contributed by atoms with Crippen LogP contribution in [0.4, 0.5) is 0 Å². The molecule has 1 aliphatic rings. The first kappa shape index (κ1) is 19.8. The zero-order valence-corrected chi connectivity index (χ0v) is 17.9. The minimum atomic E-state index is -3.72. The van der Waals surface area contributed by atoms with Gasteiger partial charge in [-0.1, -0.05) is 0 Å². The van der Waals surface area contributed by atoms with Crippen molar-refractivity contribution in [3.8, 4) is 0 Å². The monoisotopic (exact) mass is 435 g/mol. The Balaban J connectivity index is 1.85. The van der Waals surface area contributed by atoms with Crippen molar-refractivity contribution in [1.29, 1.82) is 0 Å². The van der Waals surface area contributed by atoms with E-state index in [9.17, 15) is 13.2 Å². The Hall–Kier alpha value is -2.50. The Morgan fingerprint density at radius 1 is 1.41 bits per heavy atom. The fraction of sp³-hybridized carbons (Fsp3) is 0.389. The smallest absolute Gasteiger partial charge is 0.263 e. The number of hydrogen-bond donors (Lipinski definition) is 2. The molecule has 154 valence electrons. The number of fused-ring (bicyclic) bond motifs is 1. The molecule has 0 aliphatic heterocycles. The van der Waals surface area contributed by atoms with E-state index in [1.807, 2.05) is 13.8 Å². The largest absolute Gasteiger partial charge is 0.396 e. The molecule has 4 rings (SSSR count). The van der Waals surface area contributed by atoms with E-state index in [2.05, 4.69) is 19.8 Å². The SMILES string of the molecule is CON=c1[nH]c2ccc(S(=O)(=O)NC3(C)CC3)cc2c(=O)n1Cc1cnc(C)s1. The standard InChI is InChI=1S/C18H21N5O4S2/c1-11-19-9-12(28-11)10-23-16(24)14-8-13(29(25,26)22-18(2)6-7-18)4-5-15(14)20-17(23)21-27-3/h4-5,8-9,22H,6-7,10H2,1-3H3,(H,20,21). The highest BCUT2D eigenvalue weighted by molar-refractivity contribution is 7.89. The van der Waals surface area contributed by atoms with Crippen LogP contribution in [0.15, 0.2) is 39.2 Å². The summed E-state index contributed by atoms with van der Waals surface area (Å²) in [5, 5.41) is 5.05. The van der Waals surface area contributed by atoms with Crippen LogP contribution in [0.3, 0.4) is 0 Å². The van der Waals surface area contributed by atoms with E-state index >= 15 is 0 Å². The quantitative estimate of drug-likeness (QED) is 0.568. The Bertz CT molecular complexity index is 1320. The number of aryl methyl sites for hydroxylation is 1. The number of nitrogens with one attached hydrogen (secondary N) is 2. The van der Waals surface area contributed by atoms with Crippen LogP contribution < -0.4 is 15.9 Å². The van der Waals surface area contributed by atoms with Gasteiger partial charge < -0.3 is 9.82 Å². The summed E-state index contributed by atoms with van der Waals surface area (Å²) in [7, 11) is -2.33. The van der Waals surface area contributed by atoms with Gasteiger partial charge in [-0.25, -0.2) is 18.1 Å². The van der Waals surface area contributed by atoms with Crippen molar-refractivity contribution in [2.24, 2.45) is 5.16 Å². The highest BCUT2D eigenvalue weighted by Crippen LogP contribution is 2.36. The lowest BCUT2D eigenvalue weighted by atomic mass is 10.2. The van der Waals surface area contributed by atoms with Crippen LogP contribution in [0.25, 0.3) is 10.9 Å². The van der Waals surface area contributed by atoms with Crippen LogP contribution in [0, 0.1) is 6.92 Å². The maximum atomic E-state index is 13.2. The number of nitrogens with zero attached hydrogens (tertiary/aromatic N) is 3. The van der Waals surface area contributed by atoms with E-state index < -0.39 is 15.6 Å². The van der Waals surface area contributed by atoms with Crippen molar-refractivity contribution >= 4 is 32.3 Å². The molecule has 2 aromatic heterocycles. The molecule has 9 nitrogen and oxygen atoms in total. The normalized spacial score (nSPS) is 16.3. The van der Waals surface area contributed by atoms with Gasteiger partial charge in [-0.3, -0.25) is 9.36 Å². The number of benzene rings is 1. The average molecular weight is 436 g/mol. The molecule has 1 aromatic carbocycles. The molecular weight excluding hydrogens is 414 g/mol. The minimum absolute atomic E-state index is 0.0558. The Morgan fingerprint density at radius 2 is 2.17 bits per heavy atom. The van der Waals surface area contributed by atoms with Gasteiger partial charge in [0.05, 0.1) is 27.4 Å². The molecule has 0 saturated heterocycles. The third-order valence-corrected chi connectivity index (χ3v) is 7.35.